The number of allylic oxidation sites excluding steroid dienone is 1. The number of hydrogen-bond donors (Lipinski definition) is 2. The molecular formula is C20H15N3O3. The predicted molar refractivity (Wildman–Crippen MR) is 96.6 cm³/mol. The molecule has 1 aliphatic rings. The summed E-state index contributed by atoms with van der Waals surface area (Å²) in [5.74, 6) is -0.344. The maximum Gasteiger partial charge on any atom is 0.258 e. The van der Waals surface area contributed by atoms with Crippen LogP contribution in [-0.2, 0) is 7.05 Å². The van der Waals surface area contributed by atoms with Crippen molar-refractivity contribution < 1.29 is 9.84 Å². The molecule has 0 fully saturated rings. The van der Waals surface area contributed by atoms with Crippen molar-refractivity contribution in [1.82, 2.24) is 4.57 Å². The van der Waals surface area contributed by atoms with Gasteiger partial charge in [0.05, 0.1) is 17.0 Å². The second-order valence-corrected chi connectivity index (χ2v) is 6.14. The van der Waals surface area contributed by atoms with Gasteiger partial charge in [0.2, 0.25) is 5.88 Å². The van der Waals surface area contributed by atoms with E-state index in [-0.39, 0.29) is 22.8 Å². The minimum atomic E-state index is -0.709. The minimum Gasteiger partial charge on any atom is -0.508 e. The average Bonchev–Trinajstić information content (AvgIpc) is 2.65. The van der Waals surface area contributed by atoms with Gasteiger partial charge >= 0.3 is 0 Å². The van der Waals surface area contributed by atoms with Gasteiger partial charge in [-0.05, 0) is 29.8 Å². The Kier molecular flexibility index (Phi) is 3.44. The van der Waals surface area contributed by atoms with Gasteiger partial charge in [0.25, 0.3) is 5.56 Å². The first-order valence-corrected chi connectivity index (χ1v) is 8.01. The molecule has 0 radical (unpaired) electrons. The zero-order valence-electron chi connectivity index (χ0n) is 13.9. The van der Waals surface area contributed by atoms with E-state index in [0.717, 1.165) is 5.39 Å². The molecular weight excluding hydrogens is 330 g/mol. The number of nitriles is 1. The van der Waals surface area contributed by atoms with Crippen LogP contribution in [0.25, 0.3) is 10.9 Å². The van der Waals surface area contributed by atoms with Crippen LogP contribution in [-0.4, -0.2) is 9.67 Å². The van der Waals surface area contributed by atoms with Crippen LogP contribution >= 0.6 is 0 Å². The molecule has 1 aromatic heterocycles. The number of pyridine rings is 1. The highest BCUT2D eigenvalue weighted by molar-refractivity contribution is 5.88. The van der Waals surface area contributed by atoms with Crippen molar-refractivity contribution in [3.63, 3.8) is 0 Å². The summed E-state index contributed by atoms with van der Waals surface area (Å²) in [6.07, 6.45) is 0. The number of aromatic hydroxyl groups is 1. The Morgan fingerprint density at radius 1 is 1.23 bits per heavy atom. The molecule has 6 nitrogen and oxygen atoms in total. The van der Waals surface area contributed by atoms with Gasteiger partial charge in [-0.25, -0.2) is 0 Å². The molecule has 6 heteroatoms. The van der Waals surface area contributed by atoms with Crippen molar-refractivity contribution in [2.75, 3.05) is 0 Å². The fraction of sp³-hybridized carbons (Fsp3) is 0.100. The molecule has 0 spiro atoms. The van der Waals surface area contributed by atoms with E-state index in [4.69, 9.17) is 10.5 Å². The van der Waals surface area contributed by atoms with Crippen LogP contribution in [0, 0.1) is 11.3 Å². The Balaban J connectivity index is 2.14. The Bertz CT molecular complexity index is 1190. The van der Waals surface area contributed by atoms with Crippen LogP contribution < -0.4 is 16.0 Å². The van der Waals surface area contributed by atoms with Crippen LogP contribution in [0.1, 0.15) is 17.0 Å². The molecule has 0 bridgehead atoms. The third kappa shape index (κ3) is 2.15. The zero-order valence-corrected chi connectivity index (χ0v) is 13.9. The topological polar surface area (TPSA) is 101 Å². The van der Waals surface area contributed by atoms with E-state index in [1.807, 2.05) is 24.3 Å². The third-order valence-corrected chi connectivity index (χ3v) is 4.67. The van der Waals surface area contributed by atoms with E-state index >= 15 is 0 Å². The Morgan fingerprint density at radius 3 is 2.73 bits per heavy atom. The number of phenolic OH excluding ortho intramolecular Hbond substituents is 1. The van der Waals surface area contributed by atoms with Crippen LogP contribution in [0.4, 0.5) is 0 Å². The van der Waals surface area contributed by atoms with Gasteiger partial charge in [0, 0.05) is 12.4 Å². The van der Waals surface area contributed by atoms with Crippen LogP contribution in [0.3, 0.4) is 0 Å². The molecule has 1 aliphatic heterocycles. The van der Waals surface area contributed by atoms with E-state index in [0.29, 0.717) is 22.4 Å². The van der Waals surface area contributed by atoms with Gasteiger partial charge in [-0.3, -0.25) is 4.79 Å². The molecule has 3 N–H and O–H groups in total. The van der Waals surface area contributed by atoms with E-state index in [1.165, 1.54) is 16.7 Å². The molecule has 0 saturated heterocycles. The van der Waals surface area contributed by atoms with Crippen LogP contribution in [0.15, 0.2) is 64.8 Å². The lowest BCUT2D eigenvalue weighted by atomic mass is 9.83. The number of ether oxygens (including phenoxy) is 1. The number of benzene rings is 2. The Labute approximate surface area is 149 Å². The molecule has 0 unspecified atom stereocenters. The van der Waals surface area contributed by atoms with Gasteiger partial charge in [-0.1, -0.05) is 24.3 Å². The Morgan fingerprint density at radius 2 is 2.00 bits per heavy atom. The number of rotatable bonds is 1. The van der Waals surface area contributed by atoms with Crippen LogP contribution in [0.2, 0.25) is 0 Å². The molecule has 2 aromatic carbocycles. The van der Waals surface area contributed by atoms with Crippen molar-refractivity contribution in [2.24, 2.45) is 12.8 Å². The fourth-order valence-corrected chi connectivity index (χ4v) is 3.46. The highest BCUT2D eigenvalue weighted by Gasteiger charge is 2.35. The number of aryl methyl sites for hydroxylation is 1. The van der Waals surface area contributed by atoms with Gasteiger partial charge in [-0.2, -0.15) is 5.26 Å². The molecule has 2 heterocycles. The smallest absolute Gasteiger partial charge is 0.258 e. The number of hydrogen-bond acceptors (Lipinski definition) is 5. The summed E-state index contributed by atoms with van der Waals surface area (Å²) >= 11 is 0. The molecule has 0 amide bonds. The van der Waals surface area contributed by atoms with Crippen molar-refractivity contribution in [3.05, 3.63) is 81.5 Å². The van der Waals surface area contributed by atoms with E-state index in [2.05, 4.69) is 6.07 Å². The SMILES string of the molecule is Cn1c(=O)c2c(c3ccccc31)OC(N)=C(C#N)[C@H]2c1cccc(O)c1. The highest BCUT2D eigenvalue weighted by atomic mass is 16.5. The summed E-state index contributed by atoms with van der Waals surface area (Å²) in [6.45, 7) is 0. The lowest BCUT2D eigenvalue weighted by Crippen LogP contribution is -2.31. The normalized spacial score (nSPS) is 16.1. The van der Waals surface area contributed by atoms with Crippen LogP contribution in [0.5, 0.6) is 11.5 Å². The van der Waals surface area contributed by atoms with Crippen molar-refractivity contribution in [1.29, 1.82) is 5.26 Å². The fourth-order valence-electron chi connectivity index (χ4n) is 3.46. The zero-order chi connectivity index (χ0) is 18.4. The van der Waals surface area contributed by atoms with Gasteiger partial charge < -0.3 is 20.1 Å². The Hall–Kier alpha value is -3.72. The number of nitrogens with zero attached hydrogens (tertiary/aromatic N) is 2. The predicted octanol–water partition coefficient (Wildman–Crippen LogP) is 2.46. The molecule has 0 aliphatic carbocycles. The van der Waals surface area contributed by atoms with Gasteiger partial charge in [0.15, 0.2) is 0 Å². The maximum atomic E-state index is 13.1. The lowest BCUT2D eigenvalue weighted by Gasteiger charge is -2.27. The quantitative estimate of drug-likeness (QED) is 0.705. The summed E-state index contributed by atoms with van der Waals surface area (Å²) in [7, 11) is 1.68. The molecule has 26 heavy (non-hydrogen) atoms. The molecule has 1 atom stereocenters. The number of aromatic nitrogens is 1. The van der Waals surface area contributed by atoms with Crippen molar-refractivity contribution in [3.8, 4) is 17.6 Å². The summed E-state index contributed by atoms with van der Waals surface area (Å²) in [5.41, 5.74) is 7.53. The molecule has 0 saturated carbocycles. The standard InChI is InChI=1S/C20H15N3O3/c1-23-15-8-3-2-7-13(15)18-17(20(23)25)16(14(10-21)19(22)26-18)11-5-4-6-12(24)9-11/h2-9,16,24H,22H2,1H3/t16-/m1/s1. The molecule has 128 valence electrons. The average molecular weight is 345 g/mol. The van der Waals surface area contributed by atoms with E-state index < -0.39 is 5.92 Å². The molecule has 3 aromatic rings. The monoisotopic (exact) mass is 345 g/mol. The van der Waals surface area contributed by atoms with Crippen molar-refractivity contribution in [2.45, 2.75) is 5.92 Å². The summed E-state index contributed by atoms with van der Waals surface area (Å²) < 4.78 is 7.26. The second kappa shape index (κ2) is 5.67. The lowest BCUT2D eigenvalue weighted by molar-refractivity contribution is 0.395. The number of para-hydroxylation sites is 1. The summed E-state index contributed by atoms with van der Waals surface area (Å²) in [5, 5.41) is 20.2. The first-order chi connectivity index (χ1) is 12.5. The number of nitrogens with two attached hydrogens (primary N) is 1. The molecule has 4 rings (SSSR count). The summed E-state index contributed by atoms with van der Waals surface area (Å²) in [4.78, 5) is 13.1. The number of fused-ring (bicyclic) bond motifs is 3. The van der Waals surface area contributed by atoms with E-state index in [1.54, 1.807) is 19.2 Å². The largest absolute Gasteiger partial charge is 0.508 e. The first-order valence-electron chi connectivity index (χ1n) is 8.01. The highest BCUT2D eigenvalue weighted by Crippen LogP contribution is 2.43. The van der Waals surface area contributed by atoms with Gasteiger partial charge in [0.1, 0.15) is 23.1 Å². The van der Waals surface area contributed by atoms with Gasteiger partial charge in [-0.15, -0.1) is 0 Å². The minimum absolute atomic E-state index is 0.0354. The van der Waals surface area contributed by atoms with E-state index in [9.17, 15) is 15.2 Å². The second-order valence-electron chi connectivity index (χ2n) is 6.14. The third-order valence-electron chi connectivity index (χ3n) is 4.67. The maximum absolute atomic E-state index is 13.1. The number of phenols is 1. The van der Waals surface area contributed by atoms with Crippen molar-refractivity contribution >= 4 is 10.9 Å². The summed E-state index contributed by atoms with van der Waals surface area (Å²) in [6, 6.07) is 15.9. The first kappa shape index (κ1) is 15.8.